The van der Waals surface area contributed by atoms with Gasteiger partial charge in [0.25, 0.3) is 0 Å². The van der Waals surface area contributed by atoms with Crippen LogP contribution in [0.3, 0.4) is 0 Å². The zero-order valence-corrected chi connectivity index (χ0v) is 8.44. The van der Waals surface area contributed by atoms with Crippen molar-refractivity contribution >= 4 is 5.84 Å². The van der Waals surface area contributed by atoms with Crippen molar-refractivity contribution < 1.29 is 10.3 Å². The number of hydrogen-bond donors (Lipinski definition) is 3. The highest BCUT2D eigenvalue weighted by Gasteiger charge is 1.97. The first-order valence-corrected chi connectivity index (χ1v) is 4.45. The van der Waals surface area contributed by atoms with Gasteiger partial charge in [0.2, 0.25) is 0 Å². The van der Waals surface area contributed by atoms with Gasteiger partial charge in [-0.05, 0) is 5.56 Å². The van der Waals surface area contributed by atoms with Crippen LogP contribution in [-0.4, -0.2) is 16.1 Å². The van der Waals surface area contributed by atoms with E-state index in [4.69, 9.17) is 16.0 Å². The fourth-order valence-electron chi connectivity index (χ4n) is 0.839. The molecule has 0 amide bonds. The lowest BCUT2D eigenvalue weighted by Gasteiger charge is -1.99. The maximum Gasteiger partial charge on any atom is 0.170 e. The summed E-state index contributed by atoms with van der Waals surface area (Å²) < 4.78 is 0. The number of nitrogens with zero attached hydrogens (tertiary/aromatic N) is 1. The van der Waals surface area contributed by atoms with Gasteiger partial charge in [0.15, 0.2) is 5.84 Å². The minimum Gasteiger partial charge on any atom is -0.409 e. The van der Waals surface area contributed by atoms with Crippen LogP contribution >= 0.6 is 0 Å². The predicted molar refractivity (Wildman–Crippen MR) is 56.2 cm³/mol. The van der Waals surface area contributed by atoms with E-state index in [0.29, 0.717) is 5.56 Å². The van der Waals surface area contributed by atoms with Crippen LogP contribution in [0.15, 0.2) is 29.4 Å². The summed E-state index contributed by atoms with van der Waals surface area (Å²) in [5, 5.41) is 19.9. The van der Waals surface area contributed by atoms with Crippen LogP contribution in [0.5, 0.6) is 0 Å². The van der Waals surface area contributed by atoms with Crippen molar-refractivity contribution in [3.63, 3.8) is 0 Å². The van der Waals surface area contributed by atoms with Crippen molar-refractivity contribution in [2.45, 2.75) is 20.5 Å². The van der Waals surface area contributed by atoms with E-state index in [9.17, 15) is 0 Å². The molecule has 1 aromatic rings. The fourth-order valence-corrected chi connectivity index (χ4v) is 0.839. The average molecular weight is 196 g/mol. The number of aliphatic hydroxyl groups excluding tert-OH is 1. The fraction of sp³-hybridized carbons (Fsp3) is 0.300. The Kier molecular flexibility index (Phi) is 6.15. The Bertz CT molecular complexity index is 281. The van der Waals surface area contributed by atoms with Gasteiger partial charge >= 0.3 is 0 Å². The third-order valence-corrected chi connectivity index (χ3v) is 1.54. The largest absolute Gasteiger partial charge is 0.409 e. The molecule has 78 valence electrons. The molecule has 0 bridgehead atoms. The molecule has 4 nitrogen and oxygen atoms in total. The second kappa shape index (κ2) is 6.91. The molecule has 4 N–H and O–H groups in total. The summed E-state index contributed by atoms with van der Waals surface area (Å²) in [4.78, 5) is 0. The molecule has 1 rings (SSSR count). The number of hydrogen-bond acceptors (Lipinski definition) is 3. The maximum atomic E-state index is 8.71. The predicted octanol–water partition coefficient (Wildman–Crippen LogP) is 1.30. The van der Waals surface area contributed by atoms with Gasteiger partial charge in [0.05, 0.1) is 6.61 Å². The Morgan fingerprint density at radius 2 is 1.79 bits per heavy atom. The van der Waals surface area contributed by atoms with Crippen LogP contribution in [-0.2, 0) is 6.61 Å². The van der Waals surface area contributed by atoms with Gasteiger partial charge in [-0.25, -0.2) is 0 Å². The van der Waals surface area contributed by atoms with Crippen molar-refractivity contribution in [1.29, 1.82) is 0 Å². The van der Waals surface area contributed by atoms with E-state index in [0.717, 1.165) is 5.56 Å². The molecule has 1 aromatic carbocycles. The summed E-state index contributed by atoms with van der Waals surface area (Å²) >= 11 is 0. The second-order valence-corrected chi connectivity index (χ2v) is 2.34. The van der Waals surface area contributed by atoms with E-state index in [-0.39, 0.29) is 12.4 Å². The van der Waals surface area contributed by atoms with Gasteiger partial charge in [-0.15, -0.1) is 0 Å². The quantitative estimate of drug-likeness (QED) is 0.289. The molecular weight excluding hydrogens is 180 g/mol. The molecule has 0 aliphatic carbocycles. The highest BCUT2D eigenvalue weighted by Crippen LogP contribution is 2.03. The number of aliphatic hydroxyl groups is 1. The van der Waals surface area contributed by atoms with Gasteiger partial charge in [0.1, 0.15) is 0 Å². The summed E-state index contributed by atoms with van der Waals surface area (Å²) in [6.45, 7) is 4.00. The van der Waals surface area contributed by atoms with E-state index in [1.807, 2.05) is 13.8 Å². The molecule has 0 aromatic heterocycles. The molecule has 14 heavy (non-hydrogen) atoms. The summed E-state index contributed by atoms with van der Waals surface area (Å²) in [6.07, 6.45) is 0. The van der Waals surface area contributed by atoms with E-state index < -0.39 is 0 Å². The van der Waals surface area contributed by atoms with Crippen molar-refractivity contribution in [2.24, 2.45) is 10.9 Å². The Morgan fingerprint density at radius 1 is 1.29 bits per heavy atom. The Morgan fingerprint density at radius 3 is 2.14 bits per heavy atom. The standard InChI is InChI=1S/C8H10N2O2.C2H6/c9-8(10-12)7-3-1-6(5-11)2-4-7;1-2/h1-4,11-12H,5H2,(H2,9,10);1-2H3. The van der Waals surface area contributed by atoms with Crippen molar-refractivity contribution in [3.05, 3.63) is 35.4 Å². The monoisotopic (exact) mass is 196 g/mol. The minimum absolute atomic E-state index is 0.00352. The van der Waals surface area contributed by atoms with E-state index in [2.05, 4.69) is 5.16 Å². The molecule has 4 heteroatoms. The van der Waals surface area contributed by atoms with Crippen LogP contribution in [0.4, 0.5) is 0 Å². The van der Waals surface area contributed by atoms with Gasteiger partial charge in [-0.3, -0.25) is 0 Å². The first kappa shape index (κ1) is 12.4. The molecule has 0 spiro atoms. The van der Waals surface area contributed by atoms with Gasteiger partial charge in [0, 0.05) is 5.56 Å². The van der Waals surface area contributed by atoms with Gasteiger partial charge in [-0.2, -0.15) is 0 Å². The zero-order chi connectivity index (χ0) is 11.0. The molecule has 0 atom stereocenters. The van der Waals surface area contributed by atoms with Crippen LogP contribution in [0.25, 0.3) is 0 Å². The molecule has 0 aliphatic rings. The Hall–Kier alpha value is -1.55. The Labute approximate surface area is 83.7 Å². The van der Waals surface area contributed by atoms with Gasteiger partial charge in [-0.1, -0.05) is 43.3 Å². The third-order valence-electron chi connectivity index (χ3n) is 1.54. The number of nitrogens with two attached hydrogens (primary N) is 1. The van der Waals surface area contributed by atoms with E-state index in [1.54, 1.807) is 24.3 Å². The maximum absolute atomic E-state index is 8.71. The van der Waals surface area contributed by atoms with E-state index in [1.165, 1.54) is 0 Å². The van der Waals surface area contributed by atoms with Crippen LogP contribution in [0, 0.1) is 0 Å². The van der Waals surface area contributed by atoms with Gasteiger partial charge < -0.3 is 16.0 Å². The lowest BCUT2D eigenvalue weighted by Crippen LogP contribution is -2.12. The van der Waals surface area contributed by atoms with Crippen molar-refractivity contribution in [1.82, 2.24) is 0 Å². The smallest absolute Gasteiger partial charge is 0.170 e. The first-order valence-electron chi connectivity index (χ1n) is 4.45. The minimum atomic E-state index is -0.00352. The Balaban J connectivity index is 0.000000791. The number of oxime groups is 1. The molecule has 0 saturated carbocycles. The van der Waals surface area contributed by atoms with Crippen molar-refractivity contribution in [3.8, 4) is 0 Å². The van der Waals surface area contributed by atoms with Crippen LogP contribution in [0.1, 0.15) is 25.0 Å². The summed E-state index contributed by atoms with van der Waals surface area (Å²) in [7, 11) is 0. The molecule has 0 radical (unpaired) electrons. The number of amidine groups is 1. The van der Waals surface area contributed by atoms with Crippen molar-refractivity contribution in [2.75, 3.05) is 0 Å². The van der Waals surface area contributed by atoms with Crippen LogP contribution in [0.2, 0.25) is 0 Å². The molecule has 0 saturated heterocycles. The molecule has 0 aliphatic heterocycles. The molecule has 0 fully saturated rings. The first-order chi connectivity index (χ1) is 6.77. The van der Waals surface area contributed by atoms with E-state index >= 15 is 0 Å². The summed E-state index contributed by atoms with van der Waals surface area (Å²) in [6, 6.07) is 6.79. The summed E-state index contributed by atoms with van der Waals surface area (Å²) in [5.74, 6) is 0.0690. The lowest BCUT2D eigenvalue weighted by atomic mass is 10.1. The zero-order valence-electron chi connectivity index (χ0n) is 8.44. The summed E-state index contributed by atoms with van der Waals surface area (Å²) in [5.41, 5.74) is 6.75. The average Bonchev–Trinajstić information content (AvgIpc) is 2.31. The third kappa shape index (κ3) is 3.45. The second-order valence-electron chi connectivity index (χ2n) is 2.34. The molecule has 0 heterocycles. The highest BCUT2D eigenvalue weighted by molar-refractivity contribution is 5.96. The lowest BCUT2D eigenvalue weighted by molar-refractivity contribution is 0.282. The topological polar surface area (TPSA) is 78.8 Å². The number of rotatable bonds is 2. The number of benzene rings is 1. The highest BCUT2D eigenvalue weighted by atomic mass is 16.4. The molecular formula is C10H16N2O2. The SMILES string of the molecule is CC.N/C(=N\O)c1ccc(CO)cc1. The molecule has 0 unspecified atom stereocenters. The van der Waals surface area contributed by atoms with Crippen LogP contribution < -0.4 is 5.73 Å². The normalized spacial score (nSPS) is 10.4.